The Morgan fingerprint density at radius 1 is 1.03 bits per heavy atom. The van der Waals surface area contributed by atoms with Gasteiger partial charge in [0.15, 0.2) is 5.65 Å². The van der Waals surface area contributed by atoms with Crippen LogP contribution in [0.25, 0.3) is 28.2 Å². The molecule has 0 bridgehead atoms. The summed E-state index contributed by atoms with van der Waals surface area (Å²) in [5, 5.41) is 1.05. The van der Waals surface area contributed by atoms with Crippen molar-refractivity contribution in [1.29, 1.82) is 0 Å². The maximum Gasteiger partial charge on any atom is 0.341 e. The van der Waals surface area contributed by atoms with E-state index in [2.05, 4.69) is 15.9 Å². The summed E-state index contributed by atoms with van der Waals surface area (Å²) >= 11 is 15.9. The van der Waals surface area contributed by atoms with Gasteiger partial charge in [0.05, 0.1) is 23.0 Å². The molecule has 0 aliphatic heterocycles. The Hall–Kier alpha value is -2.34. The minimum absolute atomic E-state index is 0.266. The van der Waals surface area contributed by atoms with Gasteiger partial charge in [0.2, 0.25) is 0 Å². The molecular weight excluding hydrogens is 475 g/mol. The third-order valence-electron chi connectivity index (χ3n) is 4.42. The van der Waals surface area contributed by atoms with Crippen molar-refractivity contribution in [3.05, 3.63) is 80.9 Å². The van der Waals surface area contributed by atoms with Gasteiger partial charge in [-0.25, -0.2) is 9.78 Å². The molecule has 2 aromatic heterocycles. The third kappa shape index (κ3) is 3.90. The number of fused-ring (bicyclic) bond motifs is 1. The van der Waals surface area contributed by atoms with Gasteiger partial charge in [-0.2, -0.15) is 0 Å². The lowest BCUT2D eigenvalue weighted by Crippen LogP contribution is -2.07. The van der Waals surface area contributed by atoms with Crippen LogP contribution in [0.4, 0.5) is 0 Å². The molecule has 0 spiro atoms. The van der Waals surface area contributed by atoms with E-state index in [1.807, 2.05) is 52.9 Å². The normalized spacial score (nSPS) is 11.0. The Bertz CT molecular complexity index is 1200. The molecule has 0 N–H and O–H groups in total. The Morgan fingerprint density at radius 2 is 1.69 bits per heavy atom. The van der Waals surface area contributed by atoms with Crippen LogP contribution in [0.2, 0.25) is 10.0 Å². The van der Waals surface area contributed by atoms with Crippen LogP contribution in [0.15, 0.2) is 65.3 Å². The second-order valence-electron chi connectivity index (χ2n) is 6.31. The lowest BCUT2D eigenvalue weighted by atomic mass is 10.0. The molecule has 146 valence electrons. The van der Waals surface area contributed by atoms with Crippen LogP contribution >= 0.6 is 39.1 Å². The Labute approximate surface area is 186 Å². The fourth-order valence-electron chi connectivity index (χ4n) is 3.16. The fourth-order valence-corrected chi connectivity index (χ4v) is 3.76. The fraction of sp³-hybridized carbons (Fsp3) is 0.0909. The molecule has 0 radical (unpaired) electrons. The Balaban J connectivity index is 2.06. The summed E-state index contributed by atoms with van der Waals surface area (Å²) in [7, 11) is 0. The number of pyridine rings is 1. The van der Waals surface area contributed by atoms with Gasteiger partial charge in [0.25, 0.3) is 0 Å². The van der Waals surface area contributed by atoms with E-state index in [4.69, 9.17) is 32.9 Å². The van der Waals surface area contributed by atoms with Crippen molar-refractivity contribution in [2.75, 3.05) is 6.61 Å². The SMILES string of the molecule is CCOC(=O)c1cc(Cl)cn2c(-c3ccc(Br)cc3)c(-c3ccc(Cl)cc3)nc12. The quantitative estimate of drug-likeness (QED) is 0.292. The number of benzene rings is 2. The molecule has 0 atom stereocenters. The van der Waals surface area contributed by atoms with Gasteiger partial charge in [-0.05, 0) is 37.3 Å². The molecule has 0 fully saturated rings. The molecule has 0 amide bonds. The number of ether oxygens (including phenoxy) is 1. The minimum Gasteiger partial charge on any atom is -0.462 e. The number of carbonyl (C=O) groups is 1. The van der Waals surface area contributed by atoms with Gasteiger partial charge in [0, 0.05) is 26.8 Å². The zero-order chi connectivity index (χ0) is 20.5. The molecule has 0 unspecified atom stereocenters. The summed E-state index contributed by atoms with van der Waals surface area (Å²) in [6.45, 7) is 2.03. The molecule has 0 saturated heterocycles. The average Bonchev–Trinajstić information content (AvgIpc) is 3.08. The first kappa shape index (κ1) is 20.0. The highest BCUT2D eigenvalue weighted by molar-refractivity contribution is 9.10. The summed E-state index contributed by atoms with van der Waals surface area (Å²) in [6.07, 6.45) is 1.75. The highest BCUT2D eigenvalue weighted by atomic mass is 79.9. The van der Waals surface area contributed by atoms with Crippen LogP contribution in [0, 0.1) is 0 Å². The molecular formula is C22H15BrCl2N2O2. The topological polar surface area (TPSA) is 43.6 Å². The third-order valence-corrected chi connectivity index (χ3v) is 5.40. The van der Waals surface area contributed by atoms with E-state index in [0.29, 0.717) is 21.3 Å². The van der Waals surface area contributed by atoms with E-state index in [-0.39, 0.29) is 6.61 Å². The van der Waals surface area contributed by atoms with E-state index in [1.165, 1.54) is 0 Å². The Morgan fingerprint density at radius 3 is 2.34 bits per heavy atom. The van der Waals surface area contributed by atoms with Crippen LogP contribution in [0.5, 0.6) is 0 Å². The van der Waals surface area contributed by atoms with Gasteiger partial charge in [-0.3, -0.25) is 4.40 Å². The number of hydrogen-bond acceptors (Lipinski definition) is 3. The molecule has 0 aliphatic carbocycles. The highest BCUT2D eigenvalue weighted by Crippen LogP contribution is 2.35. The van der Waals surface area contributed by atoms with Crippen molar-refractivity contribution in [2.24, 2.45) is 0 Å². The van der Waals surface area contributed by atoms with Gasteiger partial charge in [0.1, 0.15) is 5.56 Å². The molecule has 29 heavy (non-hydrogen) atoms. The molecule has 0 saturated carbocycles. The van der Waals surface area contributed by atoms with Gasteiger partial charge < -0.3 is 4.74 Å². The summed E-state index contributed by atoms with van der Waals surface area (Å²) in [5.41, 5.74) is 4.15. The summed E-state index contributed by atoms with van der Waals surface area (Å²) in [4.78, 5) is 17.3. The lowest BCUT2D eigenvalue weighted by molar-refractivity contribution is 0.0528. The Kier molecular flexibility index (Phi) is 5.63. The van der Waals surface area contributed by atoms with E-state index in [0.717, 1.165) is 27.0 Å². The number of hydrogen-bond donors (Lipinski definition) is 0. The lowest BCUT2D eigenvalue weighted by Gasteiger charge is -2.08. The second kappa shape index (κ2) is 8.19. The number of esters is 1. The molecule has 2 heterocycles. The van der Waals surface area contributed by atoms with E-state index >= 15 is 0 Å². The molecule has 0 aliphatic rings. The van der Waals surface area contributed by atoms with Crippen LogP contribution in [-0.2, 0) is 4.74 Å². The number of nitrogens with zero attached hydrogens (tertiary/aromatic N) is 2. The first-order chi connectivity index (χ1) is 14.0. The van der Waals surface area contributed by atoms with Crippen molar-refractivity contribution in [3.63, 3.8) is 0 Å². The standard InChI is InChI=1S/C22H15BrCl2N2O2/c1-2-29-22(28)18-11-17(25)12-27-20(14-3-7-15(23)8-4-14)19(26-21(18)27)13-5-9-16(24)10-6-13/h3-12H,2H2,1H3. The molecule has 4 nitrogen and oxygen atoms in total. The van der Waals surface area contributed by atoms with Crippen LogP contribution in [0.3, 0.4) is 0 Å². The zero-order valence-electron chi connectivity index (χ0n) is 15.3. The predicted octanol–water partition coefficient (Wildman–Crippen LogP) is 6.91. The molecule has 2 aromatic carbocycles. The summed E-state index contributed by atoms with van der Waals surface area (Å²) in [5.74, 6) is -0.463. The average molecular weight is 490 g/mol. The van der Waals surface area contributed by atoms with Gasteiger partial charge in [-0.1, -0.05) is 63.4 Å². The van der Waals surface area contributed by atoms with Crippen molar-refractivity contribution >= 4 is 50.7 Å². The number of halogens is 3. The molecule has 4 rings (SSSR count). The summed E-state index contributed by atoms with van der Waals surface area (Å²) < 4.78 is 8.01. The van der Waals surface area contributed by atoms with Crippen LogP contribution < -0.4 is 0 Å². The van der Waals surface area contributed by atoms with Crippen LogP contribution in [0.1, 0.15) is 17.3 Å². The van der Waals surface area contributed by atoms with Crippen molar-refractivity contribution in [1.82, 2.24) is 9.38 Å². The number of aromatic nitrogens is 2. The first-order valence-electron chi connectivity index (χ1n) is 8.88. The maximum absolute atomic E-state index is 12.5. The number of rotatable bonds is 4. The molecule has 4 aromatic rings. The smallest absolute Gasteiger partial charge is 0.341 e. The summed E-state index contributed by atoms with van der Waals surface area (Å²) in [6, 6.07) is 16.9. The molecule has 7 heteroatoms. The van der Waals surface area contributed by atoms with Crippen molar-refractivity contribution in [2.45, 2.75) is 6.92 Å². The minimum atomic E-state index is -0.463. The maximum atomic E-state index is 12.5. The predicted molar refractivity (Wildman–Crippen MR) is 120 cm³/mol. The second-order valence-corrected chi connectivity index (χ2v) is 8.10. The largest absolute Gasteiger partial charge is 0.462 e. The highest BCUT2D eigenvalue weighted by Gasteiger charge is 2.22. The van der Waals surface area contributed by atoms with Gasteiger partial charge in [-0.15, -0.1) is 0 Å². The first-order valence-corrected chi connectivity index (χ1v) is 10.4. The van der Waals surface area contributed by atoms with Crippen molar-refractivity contribution in [3.8, 4) is 22.5 Å². The zero-order valence-corrected chi connectivity index (χ0v) is 18.4. The van der Waals surface area contributed by atoms with Gasteiger partial charge >= 0.3 is 5.97 Å². The van der Waals surface area contributed by atoms with E-state index in [1.54, 1.807) is 19.2 Å². The van der Waals surface area contributed by atoms with Crippen molar-refractivity contribution < 1.29 is 9.53 Å². The number of imidazole rings is 1. The number of carbonyl (C=O) groups excluding carboxylic acids is 1. The van der Waals surface area contributed by atoms with E-state index in [9.17, 15) is 4.79 Å². The monoisotopic (exact) mass is 488 g/mol. The van der Waals surface area contributed by atoms with Crippen LogP contribution in [-0.4, -0.2) is 22.0 Å². The van der Waals surface area contributed by atoms with E-state index < -0.39 is 5.97 Å².